The minimum atomic E-state index is -4.63. The Morgan fingerprint density at radius 3 is 2.61 bits per heavy atom. The molecule has 23 heavy (non-hydrogen) atoms. The van der Waals surface area contributed by atoms with Crippen LogP contribution in [-0.4, -0.2) is 46.6 Å². The van der Waals surface area contributed by atoms with Crippen molar-refractivity contribution in [3.8, 4) is 5.88 Å². The van der Waals surface area contributed by atoms with Crippen molar-refractivity contribution in [2.45, 2.75) is 37.3 Å². The number of esters is 1. The lowest BCUT2D eigenvalue weighted by atomic mass is 9.83. The normalized spacial score (nSPS) is 28.3. The van der Waals surface area contributed by atoms with Crippen LogP contribution < -0.4 is 4.74 Å². The van der Waals surface area contributed by atoms with E-state index in [-0.39, 0.29) is 18.7 Å². The summed E-state index contributed by atoms with van der Waals surface area (Å²) in [5.74, 6) is -1.64. The lowest BCUT2D eigenvalue weighted by molar-refractivity contribution is -0.155. The highest BCUT2D eigenvalue weighted by Gasteiger charge is 2.41. The fourth-order valence-corrected chi connectivity index (χ4v) is 2.47. The molecule has 6 nitrogen and oxygen atoms in total. The van der Waals surface area contributed by atoms with Gasteiger partial charge in [-0.25, -0.2) is 4.98 Å². The Hall–Kier alpha value is -1.87. The van der Waals surface area contributed by atoms with Crippen LogP contribution in [-0.2, 0) is 15.7 Å². The summed E-state index contributed by atoms with van der Waals surface area (Å²) < 4.78 is 47.7. The summed E-state index contributed by atoms with van der Waals surface area (Å²) in [5, 5.41) is 19.7. The van der Waals surface area contributed by atoms with Gasteiger partial charge in [0.25, 0.3) is 0 Å². The topological polar surface area (TPSA) is 88.9 Å². The van der Waals surface area contributed by atoms with Gasteiger partial charge in [0.2, 0.25) is 5.88 Å². The Morgan fingerprint density at radius 2 is 2.00 bits per heavy atom. The van der Waals surface area contributed by atoms with E-state index in [0.717, 1.165) is 12.1 Å². The molecule has 0 radical (unpaired) electrons. The number of nitrogens with zero attached hydrogens (tertiary/aromatic N) is 1. The SMILES string of the molecule is COC(=O)[C@@H]1C[C@H](Oc2cccc(C(F)(F)F)n2)[C@@H](O)[C@@H](O)C1. The molecule has 1 fully saturated rings. The highest BCUT2D eigenvalue weighted by Crippen LogP contribution is 2.31. The molecule has 2 rings (SSSR count). The summed E-state index contributed by atoms with van der Waals surface area (Å²) >= 11 is 0. The first-order valence-corrected chi connectivity index (χ1v) is 6.87. The largest absolute Gasteiger partial charge is 0.471 e. The average Bonchev–Trinajstić information content (AvgIpc) is 2.50. The number of hydrogen-bond acceptors (Lipinski definition) is 6. The van der Waals surface area contributed by atoms with E-state index in [1.807, 2.05) is 0 Å². The number of aliphatic hydroxyl groups excluding tert-OH is 2. The maximum Gasteiger partial charge on any atom is 0.433 e. The van der Waals surface area contributed by atoms with Gasteiger partial charge in [-0.15, -0.1) is 0 Å². The first-order valence-electron chi connectivity index (χ1n) is 6.87. The van der Waals surface area contributed by atoms with Crippen LogP contribution in [0.25, 0.3) is 0 Å². The Bertz CT molecular complexity index is 566. The molecule has 4 atom stereocenters. The quantitative estimate of drug-likeness (QED) is 0.806. The van der Waals surface area contributed by atoms with Crippen molar-refractivity contribution < 1.29 is 37.7 Å². The number of ether oxygens (including phenoxy) is 2. The Balaban J connectivity index is 2.15. The van der Waals surface area contributed by atoms with Gasteiger partial charge in [0.05, 0.1) is 19.1 Å². The highest BCUT2D eigenvalue weighted by molar-refractivity contribution is 5.72. The Labute approximate surface area is 129 Å². The van der Waals surface area contributed by atoms with Gasteiger partial charge in [0.15, 0.2) is 0 Å². The van der Waals surface area contributed by atoms with E-state index >= 15 is 0 Å². The fraction of sp³-hybridized carbons (Fsp3) is 0.571. The lowest BCUT2D eigenvalue weighted by Crippen LogP contribution is -2.49. The molecule has 0 spiro atoms. The number of methoxy groups -OCH3 is 1. The van der Waals surface area contributed by atoms with E-state index < -0.39 is 42.1 Å². The first-order chi connectivity index (χ1) is 10.7. The number of rotatable bonds is 3. The zero-order valence-corrected chi connectivity index (χ0v) is 12.2. The second-order valence-electron chi connectivity index (χ2n) is 5.26. The van der Waals surface area contributed by atoms with E-state index in [2.05, 4.69) is 9.72 Å². The maximum absolute atomic E-state index is 12.6. The molecule has 0 saturated heterocycles. The van der Waals surface area contributed by atoms with Gasteiger partial charge < -0.3 is 19.7 Å². The van der Waals surface area contributed by atoms with Crippen LogP contribution in [0.2, 0.25) is 0 Å². The van der Waals surface area contributed by atoms with Crippen molar-refractivity contribution in [1.82, 2.24) is 4.98 Å². The van der Waals surface area contributed by atoms with Crippen LogP contribution in [0.5, 0.6) is 5.88 Å². The van der Waals surface area contributed by atoms with Crippen LogP contribution in [0.15, 0.2) is 18.2 Å². The number of pyridine rings is 1. The number of aromatic nitrogens is 1. The molecule has 9 heteroatoms. The van der Waals surface area contributed by atoms with Crippen LogP contribution in [0.1, 0.15) is 18.5 Å². The minimum absolute atomic E-state index is 0.00280. The molecule has 2 N–H and O–H groups in total. The summed E-state index contributed by atoms with van der Waals surface area (Å²) in [4.78, 5) is 14.9. The monoisotopic (exact) mass is 335 g/mol. The summed E-state index contributed by atoms with van der Waals surface area (Å²) in [6.07, 6.45) is -8.29. The average molecular weight is 335 g/mol. The zero-order valence-electron chi connectivity index (χ0n) is 12.2. The zero-order chi connectivity index (χ0) is 17.2. The molecular weight excluding hydrogens is 319 g/mol. The number of hydrogen-bond donors (Lipinski definition) is 2. The third-order valence-corrected chi connectivity index (χ3v) is 3.64. The van der Waals surface area contributed by atoms with Crippen molar-refractivity contribution in [3.63, 3.8) is 0 Å². The maximum atomic E-state index is 12.6. The van der Waals surface area contributed by atoms with Gasteiger partial charge in [0.1, 0.15) is 17.9 Å². The predicted molar refractivity (Wildman–Crippen MR) is 70.4 cm³/mol. The van der Waals surface area contributed by atoms with Crippen molar-refractivity contribution in [2.75, 3.05) is 7.11 Å². The van der Waals surface area contributed by atoms with Gasteiger partial charge in [-0.3, -0.25) is 4.79 Å². The van der Waals surface area contributed by atoms with E-state index in [1.165, 1.54) is 13.2 Å². The fourth-order valence-electron chi connectivity index (χ4n) is 2.47. The molecule has 0 aliphatic heterocycles. The Kier molecular flexibility index (Phi) is 5.10. The molecular formula is C14H16F3NO5. The minimum Gasteiger partial charge on any atom is -0.471 e. The van der Waals surface area contributed by atoms with Crippen molar-refractivity contribution in [2.24, 2.45) is 5.92 Å². The molecule has 1 heterocycles. The summed E-state index contributed by atoms with van der Waals surface area (Å²) in [6, 6.07) is 3.11. The molecule has 1 aliphatic rings. The first kappa shape index (κ1) is 17.5. The van der Waals surface area contributed by atoms with E-state index in [4.69, 9.17) is 4.74 Å². The Morgan fingerprint density at radius 1 is 1.30 bits per heavy atom. The third kappa shape index (κ3) is 4.11. The molecule has 1 aliphatic carbocycles. The van der Waals surface area contributed by atoms with Gasteiger partial charge in [-0.2, -0.15) is 13.2 Å². The molecule has 128 valence electrons. The van der Waals surface area contributed by atoms with E-state index in [9.17, 15) is 28.2 Å². The number of halogens is 3. The van der Waals surface area contributed by atoms with Crippen molar-refractivity contribution in [3.05, 3.63) is 23.9 Å². The molecule has 1 aromatic heterocycles. The summed E-state index contributed by atoms with van der Waals surface area (Å²) in [7, 11) is 1.18. The van der Waals surface area contributed by atoms with E-state index in [1.54, 1.807) is 0 Å². The number of carbonyl (C=O) groups excluding carboxylic acids is 1. The van der Waals surface area contributed by atoms with Crippen LogP contribution >= 0.6 is 0 Å². The predicted octanol–water partition coefficient (Wildman–Crippen LogP) is 1.15. The van der Waals surface area contributed by atoms with Crippen LogP contribution in [0.4, 0.5) is 13.2 Å². The lowest BCUT2D eigenvalue weighted by Gasteiger charge is -2.35. The van der Waals surface area contributed by atoms with E-state index in [0.29, 0.717) is 0 Å². The van der Waals surface area contributed by atoms with Gasteiger partial charge in [-0.1, -0.05) is 6.07 Å². The second-order valence-corrected chi connectivity index (χ2v) is 5.26. The van der Waals surface area contributed by atoms with Crippen molar-refractivity contribution in [1.29, 1.82) is 0 Å². The molecule has 0 amide bonds. The molecule has 1 aromatic rings. The van der Waals surface area contributed by atoms with Crippen LogP contribution in [0, 0.1) is 5.92 Å². The number of alkyl halides is 3. The van der Waals surface area contributed by atoms with Crippen molar-refractivity contribution >= 4 is 5.97 Å². The summed E-state index contributed by atoms with van der Waals surface area (Å²) in [5.41, 5.74) is -1.13. The number of carbonyl (C=O) groups is 1. The highest BCUT2D eigenvalue weighted by atomic mass is 19.4. The van der Waals surface area contributed by atoms with Crippen LogP contribution in [0.3, 0.4) is 0 Å². The second kappa shape index (κ2) is 6.71. The van der Waals surface area contributed by atoms with Gasteiger partial charge in [-0.05, 0) is 12.5 Å². The van der Waals surface area contributed by atoms with Gasteiger partial charge >= 0.3 is 12.1 Å². The van der Waals surface area contributed by atoms with Gasteiger partial charge in [0, 0.05) is 12.5 Å². The third-order valence-electron chi connectivity index (χ3n) is 3.64. The molecule has 0 aromatic carbocycles. The smallest absolute Gasteiger partial charge is 0.433 e. The summed E-state index contributed by atoms with van der Waals surface area (Å²) in [6.45, 7) is 0. The molecule has 0 bridgehead atoms. The molecule has 0 unspecified atom stereocenters. The molecule has 1 saturated carbocycles. The number of aliphatic hydroxyl groups is 2. The standard InChI is InChI=1S/C14H16F3NO5/c1-22-13(21)7-5-8(19)12(20)9(6-7)23-11-4-2-3-10(18-11)14(15,16)17/h2-4,7-9,12,19-20H,5-6H2,1H3/t7-,8-,9-,12-/m0/s1.